The van der Waals surface area contributed by atoms with Crippen molar-refractivity contribution < 1.29 is 14.1 Å². The second kappa shape index (κ2) is 8.78. The molecule has 0 saturated heterocycles. The third-order valence-electron chi connectivity index (χ3n) is 3.80. The standard InChI is InChI=1S/C19H11BrN4O4S2/c20-12-3-1-2-11(8-12)18(25)23-21-10-14-5-7-17(28-14)30-19-22-15-6-4-13(24(26)27)9-16(15)29-19/h1-10H,(H,23,25)/b21-10-. The van der Waals surface area contributed by atoms with Gasteiger partial charge in [0.1, 0.15) is 5.76 Å². The highest BCUT2D eigenvalue weighted by Gasteiger charge is 2.12. The molecule has 1 N–H and O–H groups in total. The number of thiazole rings is 1. The van der Waals surface area contributed by atoms with Gasteiger partial charge in [-0.3, -0.25) is 14.9 Å². The van der Waals surface area contributed by atoms with E-state index in [-0.39, 0.29) is 11.6 Å². The maximum atomic E-state index is 12.1. The number of non-ortho nitro benzene ring substituents is 1. The van der Waals surface area contributed by atoms with Crippen LogP contribution in [0.2, 0.25) is 0 Å². The first-order valence-corrected chi connectivity index (χ1v) is 10.8. The minimum atomic E-state index is -0.431. The van der Waals surface area contributed by atoms with Crippen LogP contribution in [0.5, 0.6) is 0 Å². The molecule has 4 rings (SSSR count). The van der Waals surface area contributed by atoms with Crippen molar-refractivity contribution in [3.8, 4) is 0 Å². The molecule has 11 heteroatoms. The number of furan rings is 1. The Kier molecular flexibility index (Phi) is 5.93. The average Bonchev–Trinajstić information content (AvgIpc) is 3.33. The molecule has 0 bridgehead atoms. The lowest BCUT2D eigenvalue weighted by atomic mass is 10.2. The molecule has 0 spiro atoms. The van der Waals surface area contributed by atoms with Crippen LogP contribution in [-0.4, -0.2) is 22.0 Å². The number of aromatic nitrogens is 1. The van der Waals surface area contributed by atoms with Crippen LogP contribution in [0.4, 0.5) is 5.69 Å². The first-order valence-electron chi connectivity index (χ1n) is 8.39. The van der Waals surface area contributed by atoms with Crippen LogP contribution in [-0.2, 0) is 0 Å². The summed E-state index contributed by atoms with van der Waals surface area (Å²) in [4.78, 5) is 27.0. The Morgan fingerprint density at radius 1 is 1.27 bits per heavy atom. The van der Waals surface area contributed by atoms with Crippen molar-refractivity contribution in [1.82, 2.24) is 10.4 Å². The van der Waals surface area contributed by atoms with E-state index in [2.05, 4.69) is 31.4 Å². The Balaban J connectivity index is 1.40. The molecule has 0 atom stereocenters. The zero-order chi connectivity index (χ0) is 21.1. The highest BCUT2D eigenvalue weighted by molar-refractivity contribution is 9.10. The van der Waals surface area contributed by atoms with Crippen LogP contribution < -0.4 is 5.43 Å². The lowest BCUT2D eigenvalue weighted by Crippen LogP contribution is -2.17. The number of benzene rings is 2. The second-order valence-electron chi connectivity index (χ2n) is 5.86. The number of hydrogen-bond acceptors (Lipinski definition) is 8. The molecule has 0 radical (unpaired) electrons. The molecule has 2 aromatic heterocycles. The first kappa shape index (κ1) is 20.3. The van der Waals surface area contributed by atoms with Crippen LogP contribution in [0.15, 0.2) is 78.0 Å². The van der Waals surface area contributed by atoms with E-state index in [4.69, 9.17) is 4.42 Å². The predicted octanol–water partition coefficient (Wildman–Crippen LogP) is 5.48. The third-order valence-corrected chi connectivity index (χ3v) is 6.29. The summed E-state index contributed by atoms with van der Waals surface area (Å²) < 4.78 is 7.90. The van der Waals surface area contributed by atoms with Gasteiger partial charge in [-0.1, -0.05) is 22.0 Å². The van der Waals surface area contributed by atoms with E-state index in [1.807, 2.05) is 6.07 Å². The van der Waals surface area contributed by atoms with Gasteiger partial charge < -0.3 is 4.42 Å². The number of carbonyl (C=O) groups is 1. The third kappa shape index (κ3) is 4.75. The number of nitro benzene ring substituents is 1. The van der Waals surface area contributed by atoms with Gasteiger partial charge in [0, 0.05) is 22.2 Å². The minimum absolute atomic E-state index is 0.0316. The molecule has 150 valence electrons. The molecule has 0 aliphatic heterocycles. The molecular formula is C19H11BrN4O4S2. The summed E-state index contributed by atoms with van der Waals surface area (Å²) in [6, 6.07) is 15.0. The van der Waals surface area contributed by atoms with Crippen LogP contribution >= 0.6 is 39.0 Å². The molecule has 0 saturated carbocycles. The molecule has 0 fully saturated rings. The molecule has 30 heavy (non-hydrogen) atoms. The number of rotatable bonds is 6. The number of carbonyl (C=O) groups excluding carboxylic acids is 1. The average molecular weight is 503 g/mol. The molecule has 4 aromatic rings. The Hall–Kier alpha value is -3.02. The largest absolute Gasteiger partial charge is 0.448 e. The number of fused-ring (bicyclic) bond motifs is 1. The van der Waals surface area contributed by atoms with E-state index in [0.717, 1.165) is 9.17 Å². The maximum absolute atomic E-state index is 12.1. The monoisotopic (exact) mass is 502 g/mol. The Bertz CT molecular complexity index is 1280. The van der Waals surface area contributed by atoms with E-state index in [1.165, 1.54) is 41.4 Å². The van der Waals surface area contributed by atoms with E-state index in [9.17, 15) is 14.9 Å². The number of hydrogen-bond donors (Lipinski definition) is 1. The SMILES string of the molecule is O=C(N/N=C\c1ccc(Sc2nc3ccc([N+](=O)[O-])cc3s2)o1)c1cccc(Br)c1. The van der Waals surface area contributed by atoms with E-state index >= 15 is 0 Å². The molecule has 8 nitrogen and oxygen atoms in total. The molecule has 0 unspecified atom stereocenters. The van der Waals surface area contributed by atoms with Crippen molar-refractivity contribution in [2.45, 2.75) is 9.43 Å². The number of nitrogens with one attached hydrogen (secondary N) is 1. The van der Waals surface area contributed by atoms with Crippen molar-refractivity contribution in [1.29, 1.82) is 0 Å². The summed E-state index contributed by atoms with van der Waals surface area (Å²) in [5, 5.41) is 15.4. The van der Waals surface area contributed by atoms with Gasteiger partial charge in [-0.25, -0.2) is 10.4 Å². The van der Waals surface area contributed by atoms with Crippen molar-refractivity contribution in [2.24, 2.45) is 5.10 Å². The number of hydrazone groups is 1. The van der Waals surface area contributed by atoms with Crippen LogP contribution in [0, 0.1) is 10.1 Å². The lowest BCUT2D eigenvalue weighted by Gasteiger charge is -1.99. The summed E-state index contributed by atoms with van der Waals surface area (Å²) in [5.74, 6) is 0.126. The Morgan fingerprint density at radius 2 is 2.13 bits per heavy atom. The smallest absolute Gasteiger partial charge is 0.271 e. The molecule has 0 aliphatic carbocycles. The molecular weight excluding hydrogens is 492 g/mol. The molecule has 1 amide bonds. The minimum Gasteiger partial charge on any atom is -0.448 e. The van der Waals surface area contributed by atoms with Crippen molar-refractivity contribution >= 4 is 67.1 Å². The van der Waals surface area contributed by atoms with Gasteiger partial charge in [0.2, 0.25) is 0 Å². The quantitative estimate of drug-likeness (QED) is 0.212. The van der Waals surface area contributed by atoms with Gasteiger partial charge in [0.05, 0.1) is 21.4 Å². The summed E-state index contributed by atoms with van der Waals surface area (Å²) in [6.07, 6.45) is 1.40. The van der Waals surface area contributed by atoms with Gasteiger partial charge in [-0.05, 0) is 48.2 Å². The van der Waals surface area contributed by atoms with Gasteiger partial charge in [-0.2, -0.15) is 5.10 Å². The summed E-state index contributed by atoms with van der Waals surface area (Å²) in [5.41, 5.74) is 3.65. The zero-order valence-electron chi connectivity index (χ0n) is 14.9. The Morgan fingerprint density at radius 3 is 2.93 bits per heavy atom. The fraction of sp³-hybridized carbons (Fsp3) is 0. The van der Waals surface area contributed by atoms with Crippen molar-refractivity contribution in [3.05, 3.63) is 80.5 Å². The van der Waals surface area contributed by atoms with Crippen molar-refractivity contribution in [2.75, 3.05) is 0 Å². The van der Waals surface area contributed by atoms with Crippen LogP contribution in [0.1, 0.15) is 16.1 Å². The van der Waals surface area contributed by atoms with E-state index < -0.39 is 4.92 Å². The topological polar surface area (TPSA) is 111 Å². The predicted molar refractivity (Wildman–Crippen MR) is 118 cm³/mol. The maximum Gasteiger partial charge on any atom is 0.271 e. The number of amides is 1. The molecule has 2 aromatic carbocycles. The summed E-state index contributed by atoms with van der Waals surface area (Å²) in [6.45, 7) is 0. The van der Waals surface area contributed by atoms with Gasteiger partial charge >= 0.3 is 0 Å². The van der Waals surface area contributed by atoms with Crippen LogP contribution in [0.25, 0.3) is 10.2 Å². The number of nitrogens with zero attached hydrogens (tertiary/aromatic N) is 3. The van der Waals surface area contributed by atoms with E-state index in [0.29, 0.717) is 26.3 Å². The molecule has 0 aliphatic rings. The van der Waals surface area contributed by atoms with Crippen LogP contribution in [0.3, 0.4) is 0 Å². The fourth-order valence-corrected chi connectivity index (χ4v) is 4.84. The molecule has 2 heterocycles. The first-order chi connectivity index (χ1) is 14.5. The van der Waals surface area contributed by atoms with Gasteiger partial charge in [0.15, 0.2) is 9.43 Å². The zero-order valence-corrected chi connectivity index (χ0v) is 18.2. The highest BCUT2D eigenvalue weighted by Crippen LogP contribution is 2.36. The second-order valence-corrected chi connectivity index (χ2v) is 9.06. The fourth-order valence-electron chi connectivity index (χ4n) is 2.44. The van der Waals surface area contributed by atoms with E-state index in [1.54, 1.807) is 36.4 Å². The highest BCUT2D eigenvalue weighted by atomic mass is 79.9. The van der Waals surface area contributed by atoms with Gasteiger partial charge in [0.25, 0.3) is 11.6 Å². The normalized spacial score (nSPS) is 11.2. The Labute approximate surface area is 186 Å². The summed E-state index contributed by atoms with van der Waals surface area (Å²) in [7, 11) is 0. The van der Waals surface area contributed by atoms with Crippen molar-refractivity contribution in [3.63, 3.8) is 0 Å². The lowest BCUT2D eigenvalue weighted by molar-refractivity contribution is -0.384. The summed E-state index contributed by atoms with van der Waals surface area (Å²) >= 11 is 5.97. The number of halogens is 1. The van der Waals surface area contributed by atoms with Gasteiger partial charge in [-0.15, -0.1) is 11.3 Å². The number of nitro groups is 1.